The van der Waals surface area contributed by atoms with E-state index in [0.29, 0.717) is 35.2 Å². The number of hydrogen-bond acceptors (Lipinski definition) is 2. The maximum atomic E-state index is 12.1. The van der Waals surface area contributed by atoms with E-state index in [1.54, 1.807) is 0 Å². The minimum Gasteiger partial charge on any atom is -0.298 e. The molecule has 0 saturated heterocycles. The summed E-state index contributed by atoms with van der Waals surface area (Å²) in [6.07, 6.45) is 1.12. The molecule has 0 aliphatic heterocycles. The zero-order valence-corrected chi connectivity index (χ0v) is 11.1. The van der Waals surface area contributed by atoms with Crippen LogP contribution in [0.4, 0.5) is 0 Å². The number of carbonyl (C=O) groups is 2. The van der Waals surface area contributed by atoms with Gasteiger partial charge in [-0.1, -0.05) is 31.9 Å². The topological polar surface area (TPSA) is 34.1 Å². The van der Waals surface area contributed by atoms with Gasteiger partial charge in [0, 0.05) is 11.8 Å². The highest BCUT2D eigenvalue weighted by atomic mass is 79.9. The first-order chi connectivity index (χ1) is 7.13. The van der Waals surface area contributed by atoms with Crippen LogP contribution in [-0.4, -0.2) is 21.2 Å². The third-order valence-corrected chi connectivity index (χ3v) is 7.29. The molecule has 0 aromatic carbocycles. The fraction of sp³-hybridized carbons (Fsp3) is 0.818. The Morgan fingerprint density at radius 3 is 1.67 bits per heavy atom. The second-order valence-electron chi connectivity index (χ2n) is 5.38. The Balaban J connectivity index is 1.93. The average Bonchev–Trinajstić information content (AvgIpc) is 2.85. The summed E-state index contributed by atoms with van der Waals surface area (Å²) >= 11 is 7.09. The number of fused-ring (bicyclic) bond motifs is 2. The van der Waals surface area contributed by atoms with Gasteiger partial charge in [0.25, 0.3) is 0 Å². The van der Waals surface area contributed by atoms with Crippen LogP contribution >= 0.6 is 31.9 Å². The first-order valence-corrected chi connectivity index (χ1v) is 7.31. The van der Waals surface area contributed by atoms with E-state index in [-0.39, 0.29) is 21.5 Å². The molecule has 15 heavy (non-hydrogen) atoms. The molecular formula is C11H10Br2O2. The predicted octanol–water partition coefficient (Wildman–Crippen LogP) is 1.79. The van der Waals surface area contributed by atoms with Crippen molar-refractivity contribution < 1.29 is 9.59 Å². The van der Waals surface area contributed by atoms with E-state index in [0.717, 1.165) is 6.42 Å². The summed E-state index contributed by atoms with van der Waals surface area (Å²) in [7, 11) is 0. The van der Waals surface area contributed by atoms with E-state index >= 15 is 0 Å². The molecule has 0 amide bonds. The van der Waals surface area contributed by atoms with Crippen molar-refractivity contribution in [2.24, 2.45) is 35.5 Å². The van der Waals surface area contributed by atoms with Gasteiger partial charge in [0.15, 0.2) is 11.6 Å². The maximum Gasteiger partial charge on any atom is 0.150 e. The molecule has 2 nitrogen and oxygen atoms in total. The molecule has 0 aromatic rings. The fourth-order valence-corrected chi connectivity index (χ4v) is 6.95. The lowest BCUT2D eigenvalue weighted by atomic mass is 9.79. The minimum atomic E-state index is 0.0284. The van der Waals surface area contributed by atoms with Crippen LogP contribution in [0.5, 0.6) is 0 Å². The average molecular weight is 334 g/mol. The Hall–Kier alpha value is 0.300. The van der Waals surface area contributed by atoms with Gasteiger partial charge in [0.1, 0.15) is 0 Å². The van der Waals surface area contributed by atoms with Crippen LogP contribution < -0.4 is 0 Å². The van der Waals surface area contributed by atoms with Crippen molar-refractivity contribution in [2.75, 3.05) is 0 Å². The normalized spacial score (nSPS) is 64.7. The van der Waals surface area contributed by atoms with Crippen LogP contribution in [-0.2, 0) is 9.59 Å². The second kappa shape index (κ2) is 2.58. The van der Waals surface area contributed by atoms with Crippen molar-refractivity contribution >= 4 is 43.4 Å². The number of carbonyl (C=O) groups excluding carboxylic acids is 2. The lowest BCUT2D eigenvalue weighted by molar-refractivity contribution is -0.128. The van der Waals surface area contributed by atoms with Gasteiger partial charge in [0.05, 0.1) is 9.65 Å². The van der Waals surface area contributed by atoms with Crippen molar-refractivity contribution in [3.05, 3.63) is 0 Å². The third kappa shape index (κ3) is 0.791. The van der Waals surface area contributed by atoms with Gasteiger partial charge in [0.2, 0.25) is 0 Å². The summed E-state index contributed by atoms with van der Waals surface area (Å²) in [4.78, 5) is 24.2. The van der Waals surface area contributed by atoms with Gasteiger partial charge in [-0.3, -0.25) is 9.59 Å². The predicted molar refractivity (Wildman–Crippen MR) is 61.0 cm³/mol. The largest absolute Gasteiger partial charge is 0.298 e. The summed E-state index contributed by atoms with van der Waals surface area (Å²) < 4.78 is 0. The van der Waals surface area contributed by atoms with Crippen LogP contribution in [0.15, 0.2) is 0 Å². The summed E-state index contributed by atoms with van der Waals surface area (Å²) in [6, 6.07) is 0. The highest BCUT2D eigenvalue weighted by Crippen LogP contribution is 2.70. The van der Waals surface area contributed by atoms with Crippen LogP contribution in [0.2, 0.25) is 0 Å². The SMILES string of the molecule is O=C1[C@@H]2[C@H]3C[C@H]4[C@@H]2C(=O)[C@H](Br)[C@H]4[C@H]3[C@@H]1Br. The van der Waals surface area contributed by atoms with Gasteiger partial charge < -0.3 is 0 Å². The van der Waals surface area contributed by atoms with Crippen molar-refractivity contribution in [1.29, 1.82) is 0 Å². The zero-order chi connectivity index (χ0) is 10.5. The highest BCUT2D eigenvalue weighted by molar-refractivity contribution is 9.10. The quantitative estimate of drug-likeness (QED) is 0.633. The molecule has 4 rings (SSSR count). The number of hydrogen-bond donors (Lipinski definition) is 0. The zero-order valence-electron chi connectivity index (χ0n) is 7.90. The van der Waals surface area contributed by atoms with E-state index in [2.05, 4.69) is 31.9 Å². The summed E-state index contributed by atoms with van der Waals surface area (Å²) in [5, 5.41) is 0. The first-order valence-electron chi connectivity index (χ1n) is 5.48. The molecule has 2 bridgehead atoms. The smallest absolute Gasteiger partial charge is 0.150 e. The van der Waals surface area contributed by atoms with Gasteiger partial charge in [-0.2, -0.15) is 0 Å². The standard InChI is InChI=1S/C11H10Br2O2/c12-8-4-2-1-3-5(4)9(13)11(15)7(3)6(2)10(8)14/h2-9H,1H2/t2-,3+,4-,5+,6+,7-,8-,9+. The lowest BCUT2D eigenvalue weighted by Crippen LogP contribution is -2.29. The molecular weight excluding hydrogens is 324 g/mol. The fourth-order valence-electron chi connectivity index (χ4n) is 4.85. The van der Waals surface area contributed by atoms with Gasteiger partial charge >= 0.3 is 0 Å². The van der Waals surface area contributed by atoms with Crippen molar-refractivity contribution in [3.63, 3.8) is 0 Å². The van der Waals surface area contributed by atoms with Crippen LogP contribution in [0.3, 0.4) is 0 Å². The Morgan fingerprint density at radius 1 is 0.867 bits per heavy atom. The molecule has 0 radical (unpaired) electrons. The third-order valence-electron chi connectivity index (χ3n) is 5.16. The van der Waals surface area contributed by atoms with Crippen LogP contribution in [0, 0.1) is 35.5 Å². The monoisotopic (exact) mass is 332 g/mol. The van der Waals surface area contributed by atoms with E-state index in [9.17, 15) is 9.59 Å². The van der Waals surface area contributed by atoms with E-state index in [4.69, 9.17) is 0 Å². The molecule has 4 heteroatoms. The molecule has 0 spiro atoms. The lowest BCUT2D eigenvalue weighted by Gasteiger charge is -2.25. The maximum absolute atomic E-state index is 12.1. The Bertz CT molecular complexity index is 358. The van der Waals surface area contributed by atoms with Crippen molar-refractivity contribution in [1.82, 2.24) is 0 Å². The van der Waals surface area contributed by atoms with Crippen molar-refractivity contribution in [3.8, 4) is 0 Å². The first kappa shape index (κ1) is 9.34. The molecule has 80 valence electrons. The minimum absolute atomic E-state index is 0.0284. The van der Waals surface area contributed by atoms with Crippen LogP contribution in [0.1, 0.15) is 6.42 Å². The number of alkyl halides is 2. The van der Waals surface area contributed by atoms with Gasteiger partial charge in [-0.05, 0) is 30.1 Å². The Morgan fingerprint density at radius 2 is 1.27 bits per heavy atom. The van der Waals surface area contributed by atoms with Crippen LogP contribution in [0.25, 0.3) is 0 Å². The molecule has 4 saturated carbocycles. The molecule has 4 aliphatic rings. The molecule has 4 fully saturated rings. The Kier molecular flexibility index (Phi) is 1.61. The number of halogens is 2. The molecule has 0 N–H and O–H groups in total. The van der Waals surface area contributed by atoms with Crippen molar-refractivity contribution in [2.45, 2.75) is 16.1 Å². The molecule has 4 aliphatic carbocycles. The number of ketones is 2. The van der Waals surface area contributed by atoms with Gasteiger partial charge in [-0.15, -0.1) is 0 Å². The summed E-state index contributed by atoms with van der Waals surface area (Å²) in [6.45, 7) is 0. The van der Waals surface area contributed by atoms with E-state index in [1.165, 1.54) is 0 Å². The number of rotatable bonds is 0. The molecule has 0 heterocycles. The highest BCUT2D eigenvalue weighted by Gasteiger charge is 2.74. The van der Waals surface area contributed by atoms with Gasteiger partial charge in [-0.25, -0.2) is 0 Å². The molecule has 0 aromatic heterocycles. The number of Topliss-reactive ketones (excluding diaryl/α,β-unsaturated/α-hetero) is 2. The van der Waals surface area contributed by atoms with E-state index in [1.807, 2.05) is 0 Å². The summed E-state index contributed by atoms with van der Waals surface area (Å²) in [5.74, 6) is 2.63. The Labute approximate surface area is 104 Å². The summed E-state index contributed by atoms with van der Waals surface area (Å²) in [5.41, 5.74) is 0. The molecule has 0 unspecified atom stereocenters. The second-order valence-corrected chi connectivity index (χ2v) is 7.35. The molecule has 8 atom stereocenters. The van der Waals surface area contributed by atoms with E-state index < -0.39 is 0 Å².